The van der Waals surface area contributed by atoms with Gasteiger partial charge in [-0.15, -0.1) is 0 Å². The molecule has 1 aliphatic rings. The van der Waals surface area contributed by atoms with Gasteiger partial charge < -0.3 is 5.11 Å². The fourth-order valence-electron chi connectivity index (χ4n) is 2.30. The standard InChI is InChI=1S/C15H13NO3/c1-16-14(17)12-9-5-6-10-13(12)15(18,19-16)11-7-3-2-4-8-11/h2-10,18H,1H3/t15-/m0/s1. The molecule has 0 aliphatic carbocycles. The smallest absolute Gasteiger partial charge is 0.277 e. The van der Waals surface area contributed by atoms with Crippen LogP contribution in [-0.4, -0.2) is 23.1 Å². The maximum atomic E-state index is 12.0. The number of hydroxylamine groups is 2. The van der Waals surface area contributed by atoms with Crippen LogP contribution in [0.3, 0.4) is 0 Å². The van der Waals surface area contributed by atoms with Crippen molar-refractivity contribution < 1.29 is 14.7 Å². The Balaban J connectivity index is 2.23. The molecule has 0 spiro atoms. The number of hydrogen-bond donors (Lipinski definition) is 1. The second kappa shape index (κ2) is 4.19. The van der Waals surface area contributed by atoms with E-state index in [4.69, 9.17) is 4.84 Å². The zero-order chi connectivity index (χ0) is 13.5. The molecule has 4 heteroatoms. The van der Waals surface area contributed by atoms with Gasteiger partial charge in [-0.3, -0.25) is 4.79 Å². The molecule has 1 atom stereocenters. The summed E-state index contributed by atoms with van der Waals surface area (Å²) in [4.78, 5) is 17.5. The number of fused-ring (bicyclic) bond motifs is 1. The predicted octanol–water partition coefficient (Wildman–Crippen LogP) is 1.90. The third-order valence-corrected chi connectivity index (χ3v) is 3.24. The van der Waals surface area contributed by atoms with Crippen molar-refractivity contribution in [3.05, 3.63) is 71.3 Å². The van der Waals surface area contributed by atoms with Crippen LogP contribution in [0.2, 0.25) is 0 Å². The van der Waals surface area contributed by atoms with Gasteiger partial charge in [-0.05, 0) is 6.07 Å². The van der Waals surface area contributed by atoms with E-state index in [9.17, 15) is 9.90 Å². The van der Waals surface area contributed by atoms with Crippen LogP contribution in [0.25, 0.3) is 0 Å². The lowest BCUT2D eigenvalue weighted by molar-refractivity contribution is -0.292. The van der Waals surface area contributed by atoms with Crippen molar-refractivity contribution in [1.29, 1.82) is 0 Å². The summed E-state index contributed by atoms with van der Waals surface area (Å²) in [6.45, 7) is 0. The van der Waals surface area contributed by atoms with Gasteiger partial charge in [0, 0.05) is 18.2 Å². The van der Waals surface area contributed by atoms with Gasteiger partial charge in [-0.2, -0.15) is 0 Å². The van der Waals surface area contributed by atoms with Gasteiger partial charge in [0.25, 0.3) is 5.91 Å². The lowest BCUT2D eigenvalue weighted by atomic mass is 9.92. The van der Waals surface area contributed by atoms with E-state index in [0.717, 1.165) is 5.06 Å². The van der Waals surface area contributed by atoms with E-state index in [-0.39, 0.29) is 5.91 Å². The van der Waals surface area contributed by atoms with E-state index in [0.29, 0.717) is 16.7 Å². The first kappa shape index (κ1) is 11.9. The molecule has 19 heavy (non-hydrogen) atoms. The minimum atomic E-state index is -1.64. The maximum absolute atomic E-state index is 12.0. The molecule has 1 aliphatic heterocycles. The largest absolute Gasteiger partial charge is 0.357 e. The van der Waals surface area contributed by atoms with Crippen molar-refractivity contribution in [1.82, 2.24) is 5.06 Å². The molecule has 0 radical (unpaired) electrons. The quantitative estimate of drug-likeness (QED) is 0.846. The summed E-state index contributed by atoms with van der Waals surface area (Å²) in [6, 6.07) is 15.9. The number of nitrogens with zero attached hydrogens (tertiary/aromatic N) is 1. The molecule has 1 amide bonds. The summed E-state index contributed by atoms with van der Waals surface area (Å²) in [5.41, 5.74) is 1.49. The van der Waals surface area contributed by atoms with Crippen molar-refractivity contribution in [3.8, 4) is 0 Å². The maximum Gasteiger partial charge on any atom is 0.277 e. The Bertz CT molecular complexity index is 626. The van der Waals surface area contributed by atoms with Crippen LogP contribution in [-0.2, 0) is 10.6 Å². The van der Waals surface area contributed by atoms with Crippen LogP contribution < -0.4 is 0 Å². The lowest BCUT2D eigenvalue weighted by Crippen LogP contribution is -2.46. The molecule has 0 bridgehead atoms. The third kappa shape index (κ3) is 1.73. The molecule has 2 aromatic carbocycles. The van der Waals surface area contributed by atoms with Gasteiger partial charge in [-0.1, -0.05) is 48.5 Å². The van der Waals surface area contributed by atoms with Gasteiger partial charge in [0.1, 0.15) is 0 Å². The molecule has 0 unspecified atom stereocenters. The Morgan fingerprint density at radius 3 is 2.42 bits per heavy atom. The average Bonchev–Trinajstić information content (AvgIpc) is 2.46. The minimum absolute atomic E-state index is 0.267. The van der Waals surface area contributed by atoms with Gasteiger partial charge in [0.15, 0.2) is 0 Å². The van der Waals surface area contributed by atoms with Gasteiger partial charge in [0.05, 0.1) is 5.56 Å². The fourth-order valence-corrected chi connectivity index (χ4v) is 2.30. The van der Waals surface area contributed by atoms with Crippen LogP contribution in [0.1, 0.15) is 21.5 Å². The monoisotopic (exact) mass is 255 g/mol. The number of benzene rings is 2. The third-order valence-electron chi connectivity index (χ3n) is 3.24. The Kier molecular flexibility index (Phi) is 2.62. The second-order valence-electron chi connectivity index (χ2n) is 4.45. The molecular weight excluding hydrogens is 242 g/mol. The van der Waals surface area contributed by atoms with E-state index in [1.165, 1.54) is 7.05 Å². The molecule has 3 rings (SSSR count). The zero-order valence-electron chi connectivity index (χ0n) is 10.4. The highest BCUT2D eigenvalue weighted by molar-refractivity contribution is 5.96. The van der Waals surface area contributed by atoms with Gasteiger partial charge in [0.2, 0.25) is 5.79 Å². The Morgan fingerprint density at radius 1 is 1.05 bits per heavy atom. The van der Waals surface area contributed by atoms with Gasteiger partial charge >= 0.3 is 0 Å². The van der Waals surface area contributed by atoms with Crippen molar-refractivity contribution >= 4 is 5.91 Å². The van der Waals surface area contributed by atoms with Crippen LogP contribution >= 0.6 is 0 Å². The molecule has 0 aromatic heterocycles. The van der Waals surface area contributed by atoms with Crippen molar-refractivity contribution in [2.45, 2.75) is 5.79 Å². The van der Waals surface area contributed by atoms with Crippen molar-refractivity contribution in [2.24, 2.45) is 0 Å². The molecule has 4 nitrogen and oxygen atoms in total. The summed E-state index contributed by atoms with van der Waals surface area (Å²) in [5.74, 6) is -1.91. The number of rotatable bonds is 1. The Hall–Kier alpha value is -2.17. The molecule has 96 valence electrons. The van der Waals surface area contributed by atoms with Crippen LogP contribution in [0.5, 0.6) is 0 Å². The predicted molar refractivity (Wildman–Crippen MR) is 69.1 cm³/mol. The summed E-state index contributed by atoms with van der Waals surface area (Å²) in [7, 11) is 1.49. The first-order valence-corrected chi connectivity index (χ1v) is 5.97. The number of carbonyl (C=O) groups is 1. The fraction of sp³-hybridized carbons (Fsp3) is 0.133. The summed E-state index contributed by atoms with van der Waals surface area (Å²) < 4.78 is 0. The molecule has 0 saturated heterocycles. The number of hydrogen-bond acceptors (Lipinski definition) is 3. The Morgan fingerprint density at radius 2 is 1.68 bits per heavy atom. The normalized spacial score (nSPS) is 22.2. The number of carbonyl (C=O) groups excluding carboxylic acids is 1. The molecule has 1 N–H and O–H groups in total. The molecule has 0 saturated carbocycles. The molecule has 0 fully saturated rings. The summed E-state index contributed by atoms with van der Waals surface area (Å²) in [5, 5.41) is 11.9. The van der Waals surface area contributed by atoms with Gasteiger partial charge in [-0.25, -0.2) is 9.90 Å². The number of aliphatic hydroxyl groups is 1. The van der Waals surface area contributed by atoms with E-state index in [2.05, 4.69) is 0 Å². The van der Waals surface area contributed by atoms with Crippen molar-refractivity contribution in [3.63, 3.8) is 0 Å². The first-order chi connectivity index (χ1) is 9.13. The van der Waals surface area contributed by atoms with Crippen molar-refractivity contribution in [2.75, 3.05) is 7.05 Å². The highest BCUT2D eigenvalue weighted by Gasteiger charge is 2.43. The Labute approximate surface area is 110 Å². The lowest BCUT2D eigenvalue weighted by Gasteiger charge is -2.37. The topological polar surface area (TPSA) is 49.8 Å². The summed E-state index contributed by atoms with van der Waals surface area (Å²) >= 11 is 0. The van der Waals surface area contributed by atoms with Crippen LogP contribution in [0, 0.1) is 0 Å². The molecule has 2 aromatic rings. The zero-order valence-corrected chi connectivity index (χ0v) is 10.4. The first-order valence-electron chi connectivity index (χ1n) is 5.97. The average molecular weight is 255 g/mol. The molecular formula is C15H13NO3. The summed E-state index contributed by atoms with van der Waals surface area (Å²) in [6.07, 6.45) is 0. The van der Waals surface area contributed by atoms with Crippen LogP contribution in [0.15, 0.2) is 54.6 Å². The SMILES string of the molecule is CN1O[C@@](O)(c2ccccc2)c2ccccc2C1=O. The highest BCUT2D eigenvalue weighted by Crippen LogP contribution is 2.37. The minimum Gasteiger partial charge on any atom is -0.357 e. The highest BCUT2D eigenvalue weighted by atomic mass is 16.8. The van der Waals surface area contributed by atoms with E-state index >= 15 is 0 Å². The van der Waals surface area contributed by atoms with Crippen LogP contribution in [0.4, 0.5) is 0 Å². The van der Waals surface area contributed by atoms with E-state index in [1.54, 1.807) is 36.4 Å². The second-order valence-corrected chi connectivity index (χ2v) is 4.45. The van der Waals surface area contributed by atoms with E-state index < -0.39 is 5.79 Å². The van der Waals surface area contributed by atoms with E-state index in [1.807, 2.05) is 18.2 Å². The molecule has 1 heterocycles. The number of amides is 1.